The fraction of sp³-hybridized carbons (Fsp3) is 0.533. The van der Waals surface area contributed by atoms with Crippen molar-refractivity contribution in [2.75, 3.05) is 31.9 Å². The number of halogens is 1. The Morgan fingerprint density at radius 1 is 1.26 bits per heavy atom. The van der Waals surface area contributed by atoms with Crippen LogP contribution in [0.4, 0.5) is 0 Å². The molecular formula is C15H20ClN3O3S. The highest BCUT2D eigenvalue weighted by Crippen LogP contribution is 2.21. The van der Waals surface area contributed by atoms with Gasteiger partial charge in [-0.05, 0) is 18.6 Å². The number of oxazole rings is 1. The lowest BCUT2D eigenvalue weighted by molar-refractivity contribution is 0.169. The van der Waals surface area contributed by atoms with Crippen LogP contribution in [0.25, 0.3) is 11.1 Å². The van der Waals surface area contributed by atoms with Crippen molar-refractivity contribution in [3.63, 3.8) is 0 Å². The maximum absolute atomic E-state index is 12.1. The largest absolute Gasteiger partial charge is 0.439 e. The van der Waals surface area contributed by atoms with Crippen LogP contribution in [-0.4, -0.2) is 54.5 Å². The van der Waals surface area contributed by atoms with Gasteiger partial charge < -0.3 is 4.42 Å². The summed E-state index contributed by atoms with van der Waals surface area (Å²) in [7, 11) is -3.10. The Morgan fingerprint density at radius 3 is 2.70 bits per heavy atom. The van der Waals surface area contributed by atoms with E-state index in [2.05, 4.69) is 9.88 Å². The molecule has 1 aliphatic rings. The number of hydrogen-bond donors (Lipinski definition) is 0. The van der Waals surface area contributed by atoms with E-state index in [1.54, 1.807) is 16.4 Å². The number of nitrogens with zero attached hydrogens (tertiary/aromatic N) is 3. The average molecular weight is 358 g/mol. The summed E-state index contributed by atoms with van der Waals surface area (Å²) in [6, 6.07) is 5.37. The molecule has 1 aliphatic heterocycles. The zero-order chi connectivity index (χ0) is 16.4. The lowest BCUT2D eigenvalue weighted by Crippen LogP contribution is -2.48. The molecule has 8 heteroatoms. The zero-order valence-electron chi connectivity index (χ0n) is 13.0. The first kappa shape index (κ1) is 16.7. The van der Waals surface area contributed by atoms with Crippen LogP contribution in [0.1, 0.15) is 19.2 Å². The fourth-order valence-corrected chi connectivity index (χ4v) is 4.41. The van der Waals surface area contributed by atoms with Gasteiger partial charge >= 0.3 is 0 Å². The van der Waals surface area contributed by atoms with E-state index in [9.17, 15) is 8.42 Å². The first-order valence-electron chi connectivity index (χ1n) is 7.73. The third-order valence-electron chi connectivity index (χ3n) is 3.94. The highest BCUT2D eigenvalue weighted by atomic mass is 35.5. The molecule has 1 aromatic heterocycles. The van der Waals surface area contributed by atoms with E-state index in [0.29, 0.717) is 55.6 Å². The summed E-state index contributed by atoms with van der Waals surface area (Å²) in [6.07, 6.45) is 0.647. The van der Waals surface area contributed by atoms with Gasteiger partial charge in [-0.2, -0.15) is 4.31 Å². The molecule has 3 rings (SSSR count). The van der Waals surface area contributed by atoms with Crippen molar-refractivity contribution in [3.05, 3.63) is 29.1 Å². The Bertz CT molecular complexity index is 782. The molecule has 0 spiro atoms. The van der Waals surface area contributed by atoms with E-state index in [0.717, 1.165) is 5.52 Å². The van der Waals surface area contributed by atoms with Gasteiger partial charge in [-0.3, -0.25) is 4.90 Å². The highest BCUT2D eigenvalue weighted by molar-refractivity contribution is 7.89. The Morgan fingerprint density at radius 2 is 2.00 bits per heavy atom. The lowest BCUT2D eigenvalue weighted by Gasteiger charge is -2.33. The van der Waals surface area contributed by atoms with Crippen molar-refractivity contribution in [3.8, 4) is 0 Å². The van der Waals surface area contributed by atoms with Crippen LogP contribution in [0.5, 0.6) is 0 Å². The first-order valence-corrected chi connectivity index (χ1v) is 9.72. The number of fused-ring (bicyclic) bond motifs is 1. The monoisotopic (exact) mass is 357 g/mol. The summed E-state index contributed by atoms with van der Waals surface area (Å²) in [5, 5.41) is 0.620. The van der Waals surface area contributed by atoms with Crippen LogP contribution in [0, 0.1) is 0 Å². The molecule has 2 aromatic rings. The van der Waals surface area contributed by atoms with E-state index in [4.69, 9.17) is 16.0 Å². The molecular weight excluding hydrogens is 338 g/mol. The summed E-state index contributed by atoms with van der Waals surface area (Å²) in [4.78, 5) is 6.60. The summed E-state index contributed by atoms with van der Waals surface area (Å²) >= 11 is 5.94. The molecule has 0 N–H and O–H groups in total. The number of hydrogen-bond acceptors (Lipinski definition) is 5. The minimum atomic E-state index is -3.10. The van der Waals surface area contributed by atoms with E-state index in [1.165, 1.54) is 0 Å². The Labute approximate surface area is 141 Å². The van der Waals surface area contributed by atoms with Crippen LogP contribution < -0.4 is 0 Å². The smallest absolute Gasteiger partial charge is 0.214 e. The molecule has 1 saturated heterocycles. The molecule has 0 radical (unpaired) electrons. The second kappa shape index (κ2) is 6.76. The Hall–Kier alpha value is -1.15. The molecule has 6 nitrogen and oxygen atoms in total. The molecule has 0 aliphatic carbocycles. The number of aromatic nitrogens is 1. The minimum absolute atomic E-state index is 0.221. The van der Waals surface area contributed by atoms with Crippen LogP contribution in [-0.2, 0) is 16.6 Å². The zero-order valence-corrected chi connectivity index (χ0v) is 14.6. The Balaban J connectivity index is 1.62. The van der Waals surface area contributed by atoms with Gasteiger partial charge in [-0.15, -0.1) is 0 Å². The first-order chi connectivity index (χ1) is 11.0. The average Bonchev–Trinajstić information content (AvgIpc) is 2.89. The molecule has 0 amide bonds. The van der Waals surface area contributed by atoms with E-state index >= 15 is 0 Å². The summed E-state index contributed by atoms with van der Waals surface area (Å²) in [6.45, 7) is 4.87. The van der Waals surface area contributed by atoms with Crippen molar-refractivity contribution < 1.29 is 12.8 Å². The van der Waals surface area contributed by atoms with Crippen molar-refractivity contribution in [1.29, 1.82) is 0 Å². The quantitative estimate of drug-likeness (QED) is 0.821. The number of rotatable bonds is 5. The van der Waals surface area contributed by atoms with Gasteiger partial charge in [0.1, 0.15) is 5.52 Å². The Kier molecular flexibility index (Phi) is 4.91. The van der Waals surface area contributed by atoms with Gasteiger partial charge in [0.15, 0.2) is 5.58 Å². The second-order valence-corrected chi connectivity index (χ2v) is 8.24. The minimum Gasteiger partial charge on any atom is -0.439 e. The maximum Gasteiger partial charge on any atom is 0.214 e. The molecule has 0 saturated carbocycles. The summed E-state index contributed by atoms with van der Waals surface area (Å²) in [5.74, 6) is 0.853. The molecule has 2 heterocycles. The van der Waals surface area contributed by atoms with Gasteiger partial charge in [0, 0.05) is 37.3 Å². The highest BCUT2D eigenvalue weighted by Gasteiger charge is 2.26. The lowest BCUT2D eigenvalue weighted by atomic mass is 10.3. The predicted octanol–water partition coefficient (Wildman–Crippen LogP) is 2.34. The van der Waals surface area contributed by atoms with E-state index in [-0.39, 0.29) is 5.75 Å². The fourth-order valence-electron chi connectivity index (χ4n) is 2.76. The van der Waals surface area contributed by atoms with E-state index in [1.807, 2.05) is 13.0 Å². The van der Waals surface area contributed by atoms with Crippen molar-refractivity contribution >= 4 is 32.7 Å². The SMILES string of the molecule is CCCS(=O)(=O)N1CCN(Cc2nc3ccc(Cl)cc3o2)CC1. The van der Waals surface area contributed by atoms with Gasteiger partial charge in [0.2, 0.25) is 15.9 Å². The van der Waals surface area contributed by atoms with Crippen molar-refractivity contribution in [2.45, 2.75) is 19.9 Å². The molecule has 0 unspecified atom stereocenters. The summed E-state index contributed by atoms with van der Waals surface area (Å²) < 4.78 is 31.4. The van der Waals surface area contributed by atoms with Gasteiger partial charge in [0.05, 0.1) is 12.3 Å². The molecule has 0 bridgehead atoms. The van der Waals surface area contributed by atoms with Crippen LogP contribution in [0.2, 0.25) is 5.02 Å². The van der Waals surface area contributed by atoms with Crippen molar-refractivity contribution in [2.24, 2.45) is 0 Å². The molecule has 0 atom stereocenters. The maximum atomic E-state index is 12.1. The van der Waals surface area contributed by atoms with Crippen molar-refractivity contribution in [1.82, 2.24) is 14.2 Å². The van der Waals surface area contributed by atoms with Gasteiger partial charge in [-0.25, -0.2) is 13.4 Å². The van der Waals surface area contributed by atoms with Crippen LogP contribution in [0.3, 0.4) is 0 Å². The van der Waals surface area contributed by atoms with E-state index < -0.39 is 10.0 Å². The standard InChI is InChI=1S/C15H20ClN3O3S/c1-2-9-23(20,21)19-7-5-18(6-8-19)11-15-17-13-4-3-12(16)10-14(13)22-15/h3-4,10H,2,5-9,11H2,1H3. The predicted molar refractivity (Wildman–Crippen MR) is 89.9 cm³/mol. The van der Waals surface area contributed by atoms with Crippen LogP contribution in [0.15, 0.2) is 22.6 Å². The molecule has 1 fully saturated rings. The molecule has 126 valence electrons. The summed E-state index contributed by atoms with van der Waals surface area (Å²) in [5.41, 5.74) is 1.46. The number of piperazine rings is 1. The topological polar surface area (TPSA) is 66.7 Å². The number of benzene rings is 1. The normalized spacial score (nSPS) is 17.8. The molecule has 23 heavy (non-hydrogen) atoms. The van der Waals surface area contributed by atoms with Gasteiger partial charge in [-0.1, -0.05) is 18.5 Å². The molecule has 1 aromatic carbocycles. The van der Waals surface area contributed by atoms with Gasteiger partial charge in [0.25, 0.3) is 0 Å². The number of sulfonamides is 1. The third-order valence-corrected chi connectivity index (χ3v) is 6.25. The second-order valence-electron chi connectivity index (χ2n) is 5.71. The van der Waals surface area contributed by atoms with Crippen LogP contribution >= 0.6 is 11.6 Å². The third kappa shape index (κ3) is 3.85.